The minimum Gasteiger partial charge on any atom is -0.314 e. The maximum atomic E-state index is 11.7. The molecule has 1 fully saturated rings. The van der Waals surface area contributed by atoms with Crippen LogP contribution in [0.25, 0.3) is 0 Å². The van der Waals surface area contributed by atoms with Gasteiger partial charge in [-0.1, -0.05) is 6.07 Å². The van der Waals surface area contributed by atoms with Gasteiger partial charge in [-0.2, -0.15) is 0 Å². The second kappa shape index (κ2) is 5.24. The molecular weight excluding hydrogens is 252 g/mol. The second-order valence-electron chi connectivity index (χ2n) is 4.74. The van der Waals surface area contributed by atoms with E-state index in [1.54, 1.807) is 23.8 Å². The van der Waals surface area contributed by atoms with Gasteiger partial charge in [-0.05, 0) is 19.4 Å². The molecule has 2 rings (SSSR count). The topological polar surface area (TPSA) is 68.2 Å². The average molecular weight is 270 g/mol. The summed E-state index contributed by atoms with van der Waals surface area (Å²) in [6.45, 7) is 2.97. The van der Waals surface area contributed by atoms with E-state index in [1.165, 1.54) is 0 Å². The van der Waals surface area contributed by atoms with Gasteiger partial charge in [0.15, 0.2) is 9.84 Å². The number of aromatic nitrogens is 1. The van der Waals surface area contributed by atoms with Gasteiger partial charge in [-0.25, -0.2) is 8.42 Å². The molecule has 0 amide bonds. The minimum absolute atomic E-state index is 0.0124. The van der Waals surface area contributed by atoms with Crippen molar-refractivity contribution in [2.75, 3.05) is 18.1 Å². The molecular formula is C12H18N2O3S. The number of hydrogen-bond acceptors (Lipinski definition) is 4. The van der Waals surface area contributed by atoms with Gasteiger partial charge in [-0.15, -0.1) is 0 Å². The number of nitrogens with one attached hydrogen (secondary N) is 1. The molecule has 1 aliphatic heterocycles. The summed E-state index contributed by atoms with van der Waals surface area (Å²) in [5.74, 6) is 0.491. The average Bonchev–Trinajstić information content (AvgIpc) is 2.64. The van der Waals surface area contributed by atoms with Gasteiger partial charge in [0.05, 0.1) is 11.5 Å². The van der Waals surface area contributed by atoms with Crippen molar-refractivity contribution in [2.24, 2.45) is 0 Å². The Labute approximate surface area is 107 Å². The third kappa shape index (κ3) is 3.20. The van der Waals surface area contributed by atoms with Crippen LogP contribution in [0.15, 0.2) is 23.1 Å². The summed E-state index contributed by atoms with van der Waals surface area (Å²) in [5.41, 5.74) is 0.735. The van der Waals surface area contributed by atoms with Crippen molar-refractivity contribution in [1.82, 2.24) is 9.88 Å². The number of rotatable bonds is 4. The van der Waals surface area contributed by atoms with Gasteiger partial charge in [0.1, 0.15) is 0 Å². The van der Waals surface area contributed by atoms with Crippen molar-refractivity contribution in [2.45, 2.75) is 25.9 Å². The Balaban J connectivity index is 1.86. The number of aryl methyl sites for hydroxylation is 1. The van der Waals surface area contributed by atoms with Crippen LogP contribution in [0, 0.1) is 6.92 Å². The van der Waals surface area contributed by atoms with E-state index in [1.807, 2.05) is 6.07 Å². The van der Waals surface area contributed by atoms with Crippen molar-refractivity contribution in [3.05, 3.63) is 34.2 Å². The number of hydrogen-bond donors (Lipinski definition) is 1. The fourth-order valence-electron chi connectivity index (χ4n) is 2.18. The third-order valence-corrected chi connectivity index (χ3v) is 5.00. The Hall–Kier alpha value is -1.14. The lowest BCUT2D eigenvalue weighted by molar-refractivity contribution is 0.513. The van der Waals surface area contributed by atoms with E-state index in [0.29, 0.717) is 19.5 Å². The summed E-state index contributed by atoms with van der Waals surface area (Å²) in [7, 11) is -2.84. The quantitative estimate of drug-likeness (QED) is 0.832. The molecule has 18 heavy (non-hydrogen) atoms. The van der Waals surface area contributed by atoms with Crippen LogP contribution in [0.2, 0.25) is 0 Å². The van der Waals surface area contributed by atoms with Gasteiger partial charge in [-0.3, -0.25) is 4.79 Å². The van der Waals surface area contributed by atoms with E-state index in [9.17, 15) is 13.2 Å². The molecule has 0 spiro atoms. The first-order valence-corrected chi connectivity index (χ1v) is 7.90. The van der Waals surface area contributed by atoms with E-state index in [0.717, 1.165) is 5.56 Å². The molecule has 0 radical (unpaired) electrons. The van der Waals surface area contributed by atoms with Crippen LogP contribution in [-0.4, -0.2) is 37.1 Å². The van der Waals surface area contributed by atoms with Crippen LogP contribution < -0.4 is 10.9 Å². The summed E-state index contributed by atoms with van der Waals surface area (Å²) >= 11 is 0. The summed E-state index contributed by atoms with van der Waals surface area (Å²) in [5, 5.41) is 3.19. The van der Waals surface area contributed by atoms with Crippen LogP contribution in [0.4, 0.5) is 0 Å². The van der Waals surface area contributed by atoms with Gasteiger partial charge in [0.2, 0.25) is 0 Å². The lowest BCUT2D eigenvalue weighted by atomic mass is 10.2. The second-order valence-corrected chi connectivity index (χ2v) is 6.97. The molecule has 2 heterocycles. The van der Waals surface area contributed by atoms with Crippen molar-refractivity contribution in [1.29, 1.82) is 0 Å². The molecule has 1 atom stereocenters. The van der Waals surface area contributed by atoms with Crippen molar-refractivity contribution in [3.8, 4) is 0 Å². The fourth-order valence-corrected chi connectivity index (χ4v) is 3.89. The molecule has 0 aliphatic carbocycles. The predicted molar refractivity (Wildman–Crippen MR) is 70.5 cm³/mol. The van der Waals surface area contributed by atoms with Crippen molar-refractivity contribution >= 4 is 9.84 Å². The molecule has 100 valence electrons. The summed E-state index contributed by atoms with van der Waals surface area (Å²) < 4.78 is 24.2. The SMILES string of the molecule is Cc1cccn(CCNC2CCS(=O)(=O)C2)c1=O. The van der Waals surface area contributed by atoms with Crippen LogP contribution in [0.5, 0.6) is 0 Å². The fraction of sp³-hybridized carbons (Fsp3) is 0.583. The zero-order chi connectivity index (χ0) is 13.2. The Morgan fingerprint density at radius 3 is 2.94 bits per heavy atom. The maximum absolute atomic E-state index is 11.7. The standard InChI is InChI=1S/C12H18N2O3S/c1-10-3-2-6-14(12(10)15)7-5-13-11-4-8-18(16,17)9-11/h2-3,6,11,13H,4-5,7-9H2,1H3. The maximum Gasteiger partial charge on any atom is 0.253 e. The van der Waals surface area contributed by atoms with E-state index in [-0.39, 0.29) is 23.1 Å². The Morgan fingerprint density at radius 1 is 1.50 bits per heavy atom. The zero-order valence-electron chi connectivity index (χ0n) is 10.4. The first kappa shape index (κ1) is 13.3. The van der Waals surface area contributed by atoms with Gasteiger partial charge in [0.25, 0.3) is 5.56 Å². The molecule has 1 saturated heterocycles. The number of pyridine rings is 1. The van der Waals surface area contributed by atoms with Crippen molar-refractivity contribution < 1.29 is 8.42 Å². The number of sulfone groups is 1. The molecule has 6 heteroatoms. The molecule has 1 aromatic heterocycles. The highest BCUT2D eigenvalue weighted by molar-refractivity contribution is 7.91. The first-order valence-electron chi connectivity index (χ1n) is 6.08. The lowest BCUT2D eigenvalue weighted by Gasteiger charge is -2.11. The highest BCUT2D eigenvalue weighted by Crippen LogP contribution is 2.10. The third-order valence-electron chi connectivity index (χ3n) is 3.23. The van der Waals surface area contributed by atoms with Crippen LogP contribution in [0.3, 0.4) is 0 Å². The molecule has 1 N–H and O–H groups in total. The minimum atomic E-state index is -2.84. The molecule has 1 aliphatic rings. The largest absolute Gasteiger partial charge is 0.314 e. The van der Waals surface area contributed by atoms with E-state index in [4.69, 9.17) is 0 Å². The first-order chi connectivity index (χ1) is 8.48. The van der Waals surface area contributed by atoms with Gasteiger partial charge in [0, 0.05) is 30.9 Å². The smallest absolute Gasteiger partial charge is 0.253 e. The van der Waals surface area contributed by atoms with Crippen LogP contribution in [0.1, 0.15) is 12.0 Å². The van der Waals surface area contributed by atoms with E-state index in [2.05, 4.69) is 5.32 Å². The molecule has 1 unspecified atom stereocenters. The monoisotopic (exact) mass is 270 g/mol. The van der Waals surface area contributed by atoms with Crippen LogP contribution >= 0.6 is 0 Å². The Kier molecular flexibility index (Phi) is 3.87. The van der Waals surface area contributed by atoms with Gasteiger partial charge >= 0.3 is 0 Å². The molecule has 1 aromatic rings. The highest BCUT2D eigenvalue weighted by atomic mass is 32.2. The summed E-state index contributed by atoms with van der Waals surface area (Å²) in [6, 6.07) is 3.67. The molecule has 0 saturated carbocycles. The zero-order valence-corrected chi connectivity index (χ0v) is 11.2. The molecule has 0 bridgehead atoms. The molecule has 0 aromatic carbocycles. The van der Waals surface area contributed by atoms with E-state index < -0.39 is 9.84 Å². The summed E-state index contributed by atoms with van der Waals surface area (Å²) in [4.78, 5) is 11.7. The summed E-state index contributed by atoms with van der Waals surface area (Å²) in [6.07, 6.45) is 2.42. The predicted octanol–water partition coefficient (Wildman–Crippen LogP) is -0.0666. The Morgan fingerprint density at radius 2 is 2.28 bits per heavy atom. The molecule has 5 nitrogen and oxygen atoms in total. The van der Waals surface area contributed by atoms with Gasteiger partial charge < -0.3 is 9.88 Å². The normalized spacial score (nSPS) is 22.2. The lowest BCUT2D eigenvalue weighted by Crippen LogP contribution is -2.34. The highest BCUT2D eigenvalue weighted by Gasteiger charge is 2.26. The Bertz CT molecular complexity index is 577. The van der Waals surface area contributed by atoms with E-state index >= 15 is 0 Å². The number of nitrogens with zero attached hydrogens (tertiary/aromatic N) is 1. The van der Waals surface area contributed by atoms with Crippen LogP contribution in [-0.2, 0) is 16.4 Å². The van der Waals surface area contributed by atoms with Crippen molar-refractivity contribution in [3.63, 3.8) is 0 Å².